The normalized spacial score (nSPS) is 25.2. The van der Waals surface area contributed by atoms with Crippen LogP contribution in [0.5, 0.6) is 0 Å². The summed E-state index contributed by atoms with van der Waals surface area (Å²) in [6.07, 6.45) is 5.85. The van der Waals surface area contributed by atoms with Gasteiger partial charge in [-0.1, -0.05) is 55.7 Å². The largest absolute Gasteiger partial charge is 0.345 e. The first-order valence-electron chi connectivity index (χ1n) is 12.0. The molecule has 3 heterocycles. The molecule has 3 atom stereocenters. The van der Waals surface area contributed by atoms with Crippen LogP contribution in [0.15, 0.2) is 48.5 Å². The van der Waals surface area contributed by atoms with E-state index in [4.69, 9.17) is 0 Å². The number of piperidine rings is 1. The van der Waals surface area contributed by atoms with Gasteiger partial charge in [0, 0.05) is 56.7 Å². The number of amides is 2. The van der Waals surface area contributed by atoms with Crippen molar-refractivity contribution in [3.63, 3.8) is 0 Å². The van der Waals surface area contributed by atoms with Crippen molar-refractivity contribution >= 4 is 11.8 Å². The molecule has 168 valence electrons. The number of carbonyl (C=O) groups is 2. The lowest BCUT2D eigenvalue weighted by Crippen LogP contribution is -2.72. The molecule has 2 amide bonds. The van der Waals surface area contributed by atoms with Crippen molar-refractivity contribution in [2.24, 2.45) is 5.92 Å². The molecule has 5 nitrogen and oxygen atoms in total. The minimum absolute atomic E-state index is 0.0203. The first-order chi connectivity index (χ1) is 15.5. The van der Waals surface area contributed by atoms with Gasteiger partial charge in [0.2, 0.25) is 5.91 Å². The predicted molar refractivity (Wildman–Crippen MR) is 127 cm³/mol. The molecule has 1 N–H and O–H groups in total. The molecule has 1 aliphatic carbocycles. The Morgan fingerprint density at radius 1 is 0.844 bits per heavy atom. The van der Waals surface area contributed by atoms with E-state index in [-0.39, 0.29) is 11.8 Å². The lowest BCUT2D eigenvalue weighted by molar-refractivity contribution is -0.141. The Morgan fingerprint density at radius 2 is 1.41 bits per heavy atom. The van der Waals surface area contributed by atoms with Crippen molar-refractivity contribution < 1.29 is 9.59 Å². The molecular formula is C27H33N3O2. The van der Waals surface area contributed by atoms with E-state index in [1.807, 2.05) is 24.3 Å². The van der Waals surface area contributed by atoms with Crippen LogP contribution < -0.4 is 5.32 Å². The zero-order chi connectivity index (χ0) is 22.2. The van der Waals surface area contributed by atoms with E-state index < -0.39 is 0 Å². The molecule has 3 saturated heterocycles. The summed E-state index contributed by atoms with van der Waals surface area (Å²) in [7, 11) is 3.54. The average Bonchev–Trinajstić information content (AvgIpc) is 2.84. The lowest BCUT2D eigenvalue weighted by atomic mass is 9.73. The Kier molecular flexibility index (Phi) is 5.76. The molecule has 0 radical (unpaired) electrons. The Morgan fingerprint density at radius 3 is 1.97 bits per heavy atom. The second-order valence-electron chi connectivity index (χ2n) is 9.88. The van der Waals surface area contributed by atoms with Crippen molar-refractivity contribution in [3.8, 4) is 11.1 Å². The van der Waals surface area contributed by atoms with Gasteiger partial charge in [-0.2, -0.15) is 0 Å². The highest BCUT2D eigenvalue weighted by Gasteiger charge is 2.48. The maximum atomic E-state index is 12.9. The quantitative estimate of drug-likeness (QED) is 0.799. The number of rotatable bonds is 4. The number of benzene rings is 2. The van der Waals surface area contributed by atoms with Gasteiger partial charge >= 0.3 is 0 Å². The fraction of sp³-hybridized carbons (Fsp3) is 0.481. The summed E-state index contributed by atoms with van der Waals surface area (Å²) in [6, 6.07) is 17.4. The van der Waals surface area contributed by atoms with Crippen LogP contribution in [-0.4, -0.2) is 60.9 Å². The van der Waals surface area contributed by atoms with Gasteiger partial charge in [-0.25, -0.2) is 0 Å². The molecule has 32 heavy (non-hydrogen) atoms. The molecule has 5 heteroatoms. The molecule has 1 unspecified atom stereocenters. The van der Waals surface area contributed by atoms with Crippen LogP contribution in [0.1, 0.15) is 53.9 Å². The van der Waals surface area contributed by atoms with Crippen molar-refractivity contribution in [3.05, 3.63) is 59.7 Å². The van der Waals surface area contributed by atoms with E-state index in [1.165, 1.54) is 24.8 Å². The highest BCUT2D eigenvalue weighted by atomic mass is 16.2. The van der Waals surface area contributed by atoms with E-state index in [0.29, 0.717) is 29.5 Å². The number of fused-ring (bicyclic) bond motifs is 2. The minimum atomic E-state index is 0.0203. The standard InChI is InChI=1S/C27H33N3O2/c1-29(2)26(31)22-14-10-19(11-15-22)18-8-12-20(13-9-18)25-23-16-30(17-24(25)28-23)27(32)21-6-4-3-5-7-21/h8-15,21,23-25,28H,3-7,16-17H2,1-2H3/t23-,24+,25?. The summed E-state index contributed by atoms with van der Waals surface area (Å²) in [5, 5.41) is 3.66. The number of nitrogens with one attached hydrogen (secondary N) is 1. The van der Waals surface area contributed by atoms with Gasteiger partial charge in [0.05, 0.1) is 0 Å². The van der Waals surface area contributed by atoms with Crippen molar-refractivity contribution in [2.45, 2.75) is 50.1 Å². The van der Waals surface area contributed by atoms with Gasteiger partial charge < -0.3 is 15.1 Å². The zero-order valence-electron chi connectivity index (χ0n) is 19.1. The number of carbonyl (C=O) groups excluding carboxylic acids is 2. The van der Waals surface area contributed by atoms with Gasteiger partial charge in [0.15, 0.2) is 0 Å². The molecule has 0 aromatic heterocycles. The summed E-state index contributed by atoms with van der Waals surface area (Å²) in [5.41, 5.74) is 4.33. The lowest BCUT2D eigenvalue weighted by Gasteiger charge is -2.55. The predicted octanol–water partition coefficient (Wildman–Crippen LogP) is 3.90. The monoisotopic (exact) mass is 431 g/mol. The third-order valence-corrected chi connectivity index (χ3v) is 7.56. The fourth-order valence-electron chi connectivity index (χ4n) is 5.74. The first-order valence-corrected chi connectivity index (χ1v) is 12.0. The van der Waals surface area contributed by atoms with E-state index in [2.05, 4.69) is 34.5 Å². The smallest absolute Gasteiger partial charge is 0.253 e. The maximum absolute atomic E-state index is 12.9. The Balaban J connectivity index is 1.23. The summed E-state index contributed by atoms with van der Waals surface area (Å²) in [4.78, 5) is 28.8. The third kappa shape index (κ3) is 3.95. The van der Waals surface area contributed by atoms with Gasteiger partial charge in [-0.05, 0) is 41.7 Å². The van der Waals surface area contributed by atoms with Crippen LogP contribution in [0.4, 0.5) is 0 Å². The molecule has 2 bridgehead atoms. The molecule has 2 aromatic carbocycles. The molecule has 0 spiro atoms. The van der Waals surface area contributed by atoms with Gasteiger partial charge in [-0.15, -0.1) is 0 Å². The highest BCUT2D eigenvalue weighted by molar-refractivity contribution is 5.94. The van der Waals surface area contributed by atoms with Gasteiger partial charge in [0.25, 0.3) is 5.91 Å². The average molecular weight is 432 g/mol. The van der Waals surface area contributed by atoms with Crippen LogP contribution in [0.25, 0.3) is 11.1 Å². The summed E-state index contributed by atoms with van der Waals surface area (Å²) >= 11 is 0. The fourth-order valence-corrected chi connectivity index (χ4v) is 5.74. The van der Waals surface area contributed by atoms with E-state index in [9.17, 15) is 9.59 Å². The van der Waals surface area contributed by atoms with Crippen LogP contribution in [0, 0.1) is 5.92 Å². The molecular weight excluding hydrogens is 398 g/mol. The molecule has 3 aliphatic heterocycles. The van der Waals surface area contributed by atoms with Gasteiger partial charge in [0.1, 0.15) is 0 Å². The van der Waals surface area contributed by atoms with Crippen LogP contribution >= 0.6 is 0 Å². The molecule has 1 saturated carbocycles. The number of nitrogens with zero attached hydrogens (tertiary/aromatic N) is 2. The van der Waals surface area contributed by atoms with E-state index in [0.717, 1.165) is 37.1 Å². The third-order valence-electron chi connectivity index (χ3n) is 7.56. The van der Waals surface area contributed by atoms with Gasteiger partial charge in [-0.3, -0.25) is 9.59 Å². The van der Waals surface area contributed by atoms with E-state index in [1.54, 1.807) is 19.0 Å². The SMILES string of the molecule is CN(C)C(=O)c1ccc(-c2ccc(C3[C@@H]4CN(C(=O)C5CCCCC5)C[C@H]3N4)cc2)cc1. The minimum Gasteiger partial charge on any atom is -0.345 e. The maximum Gasteiger partial charge on any atom is 0.253 e. The number of hydrogen-bond acceptors (Lipinski definition) is 3. The number of hydrogen-bond donors (Lipinski definition) is 1. The summed E-state index contributed by atoms with van der Waals surface area (Å²) < 4.78 is 0. The van der Waals surface area contributed by atoms with Crippen molar-refractivity contribution in [1.82, 2.24) is 15.1 Å². The molecule has 6 rings (SSSR count). The highest BCUT2D eigenvalue weighted by Crippen LogP contribution is 2.38. The molecule has 4 fully saturated rings. The molecule has 4 aliphatic rings. The molecule has 2 aromatic rings. The van der Waals surface area contributed by atoms with Crippen molar-refractivity contribution in [1.29, 1.82) is 0 Å². The second kappa shape index (κ2) is 8.70. The first kappa shape index (κ1) is 21.2. The summed E-state index contributed by atoms with van der Waals surface area (Å²) in [6.45, 7) is 1.67. The second-order valence-corrected chi connectivity index (χ2v) is 9.88. The topological polar surface area (TPSA) is 52.7 Å². The summed E-state index contributed by atoms with van der Waals surface area (Å²) in [5.74, 6) is 1.16. The Hall–Kier alpha value is -2.66. The van der Waals surface area contributed by atoms with E-state index >= 15 is 0 Å². The number of piperazine rings is 1. The Labute approximate surface area is 190 Å². The van der Waals surface area contributed by atoms with Crippen LogP contribution in [0.3, 0.4) is 0 Å². The van der Waals surface area contributed by atoms with Crippen molar-refractivity contribution in [2.75, 3.05) is 27.2 Å². The van der Waals surface area contributed by atoms with Crippen LogP contribution in [-0.2, 0) is 4.79 Å². The van der Waals surface area contributed by atoms with Crippen LogP contribution in [0.2, 0.25) is 0 Å². The Bertz CT molecular complexity index is 965. The zero-order valence-corrected chi connectivity index (χ0v) is 19.1.